The Labute approximate surface area is 111 Å². The summed E-state index contributed by atoms with van der Waals surface area (Å²) in [5, 5.41) is 11.3. The van der Waals surface area contributed by atoms with Gasteiger partial charge in [-0.2, -0.15) is 15.4 Å². The van der Waals surface area contributed by atoms with Gasteiger partial charge in [0.25, 0.3) is 0 Å². The normalized spacial score (nSPS) is 12.4. The fourth-order valence-corrected chi connectivity index (χ4v) is 2.34. The van der Waals surface area contributed by atoms with Crippen molar-refractivity contribution < 1.29 is 4.74 Å². The fraction of sp³-hybridized carbons (Fsp3) is 0.385. The van der Waals surface area contributed by atoms with Crippen molar-refractivity contribution in [1.82, 2.24) is 15.4 Å². The number of nitrogens with one attached hydrogen (secondary N) is 1. The quantitative estimate of drug-likeness (QED) is 0.903. The summed E-state index contributed by atoms with van der Waals surface area (Å²) < 4.78 is 5.16. The lowest BCUT2D eigenvalue weighted by atomic mass is 9.92. The first-order chi connectivity index (χ1) is 8.74. The number of hydrogen-bond donors (Lipinski definition) is 1. The van der Waals surface area contributed by atoms with Gasteiger partial charge in [0.1, 0.15) is 5.75 Å². The van der Waals surface area contributed by atoms with Crippen LogP contribution in [0, 0.1) is 0 Å². The van der Waals surface area contributed by atoms with Crippen LogP contribution in [0.4, 0.5) is 0 Å². The third kappa shape index (κ3) is 2.82. The molecule has 2 rings (SSSR count). The molecular weight excluding hydrogens is 250 g/mol. The fourth-order valence-electron chi connectivity index (χ4n) is 2.02. The summed E-state index contributed by atoms with van der Waals surface area (Å²) in [6, 6.07) is 5.81. The van der Waals surface area contributed by atoms with Gasteiger partial charge in [0, 0.05) is 11.4 Å². The van der Waals surface area contributed by atoms with E-state index in [2.05, 4.69) is 22.3 Å². The lowest BCUT2D eigenvalue weighted by Crippen LogP contribution is -2.03. The van der Waals surface area contributed by atoms with Crippen LogP contribution in [-0.4, -0.2) is 22.5 Å². The molecule has 1 atom stereocenters. The van der Waals surface area contributed by atoms with E-state index in [0.717, 1.165) is 34.9 Å². The maximum Gasteiger partial charge on any atom is 0.120 e. The van der Waals surface area contributed by atoms with Crippen molar-refractivity contribution in [1.29, 1.82) is 0 Å². The maximum absolute atomic E-state index is 6.30. The highest BCUT2D eigenvalue weighted by Gasteiger charge is 2.15. The Hall–Kier alpha value is -1.55. The minimum absolute atomic E-state index is 0.341. The van der Waals surface area contributed by atoms with E-state index in [9.17, 15) is 0 Å². The number of ether oxygens (including phenoxy) is 1. The van der Waals surface area contributed by atoms with Crippen LogP contribution < -0.4 is 4.74 Å². The smallest absolute Gasteiger partial charge is 0.120 e. The van der Waals surface area contributed by atoms with Gasteiger partial charge in [-0.05, 0) is 30.0 Å². The van der Waals surface area contributed by atoms with Crippen molar-refractivity contribution in [2.24, 2.45) is 0 Å². The Morgan fingerprint density at radius 3 is 2.83 bits per heavy atom. The topological polar surface area (TPSA) is 50.8 Å². The van der Waals surface area contributed by atoms with Crippen LogP contribution in [0.1, 0.15) is 30.5 Å². The first kappa shape index (κ1) is 12.9. The molecule has 1 unspecified atom stereocenters. The number of rotatable bonds is 5. The second-order valence-corrected chi connectivity index (χ2v) is 4.57. The summed E-state index contributed by atoms with van der Waals surface area (Å²) in [6.45, 7) is 2.14. The molecule has 18 heavy (non-hydrogen) atoms. The van der Waals surface area contributed by atoms with E-state index in [1.54, 1.807) is 13.3 Å². The lowest BCUT2D eigenvalue weighted by Gasteiger charge is -2.16. The molecule has 0 spiro atoms. The van der Waals surface area contributed by atoms with Crippen molar-refractivity contribution >= 4 is 11.6 Å². The molecule has 96 valence electrons. The van der Waals surface area contributed by atoms with Gasteiger partial charge in [-0.25, -0.2) is 0 Å². The summed E-state index contributed by atoms with van der Waals surface area (Å²) >= 11 is 6.30. The average molecular weight is 266 g/mol. The van der Waals surface area contributed by atoms with Gasteiger partial charge in [0.15, 0.2) is 0 Å². The third-order valence-electron chi connectivity index (χ3n) is 3.06. The Balaban J connectivity index is 2.22. The summed E-state index contributed by atoms with van der Waals surface area (Å²) in [6.07, 6.45) is 3.58. The molecule has 0 aliphatic carbocycles. The van der Waals surface area contributed by atoms with Gasteiger partial charge in [-0.1, -0.05) is 24.6 Å². The van der Waals surface area contributed by atoms with E-state index in [1.165, 1.54) is 0 Å². The molecule has 1 heterocycles. The molecule has 0 aliphatic heterocycles. The number of halogens is 1. The number of benzene rings is 1. The zero-order valence-electron chi connectivity index (χ0n) is 10.5. The van der Waals surface area contributed by atoms with Gasteiger partial charge in [-0.3, -0.25) is 0 Å². The molecule has 0 radical (unpaired) electrons. The Morgan fingerprint density at radius 1 is 1.44 bits per heavy atom. The first-order valence-electron chi connectivity index (χ1n) is 5.92. The van der Waals surface area contributed by atoms with Crippen LogP contribution in [-0.2, 0) is 6.42 Å². The number of nitrogens with zero attached hydrogens (tertiary/aromatic N) is 2. The molecule has 1 aromatic carbocycles. The maximum atomic E-state index is 6.30. The number of hydrogen-bond acceptors (Lipinski definition) is 3. The zero-order valence-corrected chi connectivity index (χ0v) is 11.2. The molecule has 4 nitrogen and oxygen atoms in total. The van der Waals surface area contributed by atoms with Gasteiger partial charge in [-0.15, -0.1) is 0 Å². The molecule has 0 bridgehead atoms. The minimum atomic E-state index is 0.341. The highest BCUT2D eigenvalue weighted by molar-refractivity contribution is 6.31. The Bertz CT molecular complexity index is 499. The number of aromatic amines is 1. The van der Waals surface area contributed by atoms with E-state index in [1.807, 2.05) is 18.2 Å². The third-order valence-corrected chi connectivity index (χ3v) is 3.39. The lowest BCUT2D eigenvalue weighted by molar-refractivity contribution is 0.414. The summed E-state index contributed by atoms with van der Waals surface area (Å²) in [5.41, 5.74) is 2.08. The van der Waals surface area contributed by atoms with E-state index in [0.29, 0.717) is 5.92 Å². The number of methoxy groups -OCH3 is 1. The van der Waals surface area contributed by atoms with Crippen molar-refractivity contribution in [2.75, 3.05) is 7.11 Å². The van der Waals surface area contributed by atoms with Gasteiger partial charge < -0.3 is 4.74 Å². The molecule has 0 aliphatic rings. The molecule has 1 N–H and O–H groups in total. The highest BCUT2D eigenvalue weighted by atomic mass is 35.5. The first-order valence-corrected chi connectivity index (χ1v) is 6.30. The van der Waals surface area contributed by atoms with Gasteiger partial charge in [0.05, 0.1) is 19.0 Å². The zero-order chi connectivity index (χ0) is 13.0. The molecule has 5 heteroatoms. The second-order valence-electron chi connectivity index (χ2n) is 4.16. The standard InChI is InChI=1S/C13H16ClN3O/c1-3-9(6-10-8-15-17-16-10)12-5-4-11(18-2)7-13(12)14/h4-5,7-9H,3,6H2,1-2H3,(H,15,16,17). The second kappa shape index (κ2) is 5.87. The predicted molar refractivity (Wildman–Crippen MR) is 71.1 cm³/mol. The van der Waals surface area contributed by atoms with Crippen molar-refractivity contribution in [3.63, 3.8) is 0 Å². The molecule has 1 aromatic heterocycles. The minimum Gasteiger partial charge on any atom is -0.497 e. The van der Waals surface area contributed by atoms with E-state index in [-0.39, 0.29) is 0 Å². The van der Waals surface area contributed by atoms with E-state index in [4.69, 9.17) is 16.3 Å². The van der Waals surface area contributed by atoms with Crippen LogP contribution >= 0.6 is 11.6 Å². The molecular formula is C13H16ClN3O. The highest BCUT2D eigenvalue weighted by Crippen LogP contribution is 2.32. The average Bonchev–Trinajstić information content (AvgIpc) is 2.89. The number of aromatic nitrogens is 3. The molecule has 0 saturated carbocycles. The van der Waals surface area contributed by atoms with Gasteiger partial charge in [0.2, 0.25) is 0 Å². The van der Waals surface area contributed by atoms with Gasteiger partial charge >= 0.3 is 0 Å². The molecule has 2 aromatic rings. The largest absolute Gasteiger partial charge is 0.497 e. The summed E-state index contributed by atoms with van der Waals surface area (Å²) in [5.74, 6) is 1.12. The Morgan fingerprint density at radius 2 is 2.28 bits per heavy atom. The monoisotopic (exact) mass is 265 g/mol. The SMILES string of the molecule is CCC(Cc1cn[nH]n1)c1ccc(OC)cc1Cl. The van der Waals surface area contributed by atoms with E-state index < -0.39 is 0 Å². The van der Waals surface area contributed by atoms with Crippen LogP contribution in [0.5, 0.6) is 5.75 Å². The predicted octanol–water partition coefficient (Wildman–Crippen LogP) is 3.20. The van der Waals surface area contributed by atoms with E-state index >= 15 is 0 Å². The number of H-pyrrole nitrogens is 1. The molecule has 0 amide bonds. The van der Waals surface area contributed by atoms with Crippen LogP contribution in [0.2, 0.25) is 5.02 Å². The van der Waals surface area contributed by atoms with Crippen LogP contribution in [0.25, 0.3) is 0 Å². The van der Waals surface area contributed by atoms with Crippen molar-refractivity contribution in [2.45, 2.75) is 25.7 Å². The molecule has 0 saturated heterocycles. The van der Waals surface area contributed by atoms with Crippen molar-refractivity contribution in [3.05, 3.63) is 40.7 Å². The summed E-state index contributed by atoms with van der Waals surface area (Å²) in [4.78, 5) is 0. The summed E-state index contributed by atoms with van der Waals surface area (Å²) in [7, 11) is 1.64. The van der Waals surface area contributed by atoms with Crippen LogP contribution in [0.3, 0.4) is 0 Å². The van der Waals surface area contributed by atoms with Crippen molar-refractivity contribution in [3.8, 4) is 5.75 Å². The molecule has 0 fully saturated rings. The Kier molecular flexibility index (Phi) is 4.20. The van der Waals surface area contributed by atoms with Crippen LogP contribution in [0.15, 0.2) is 24.4 Å².